The molecule has 2 aliphatic carbocycles. The van der Waals surface area contributed by atoms with Crippen molar-refractivity contribution in [2.45, 2.75) is 137 Å². The van der Waals surface area contributed by atoms with Gasteiger partial charge in [0.15, 0.2) is 24.8 Å². The summed E-state index contributed by atoms with van der Waals surface area (Å²) in [5.74, 6) is -0.529. The summed E-state index contributed by atoms with van der Waals surface area (Å²) >= 11 is 0. The minimum absolute atomic E-state index is 0.191. The highest BCUT2D eigenvalue weighted by atomic mass is 16.7. The van der Waals surface area contributed by atoms with Crippen molar-refractivity contribution in [3.8, 4) is 0 Å². The molecule has 0 amide bonds. The maximum absolute atomic E-state index is 11.0. The predicted molar refractivity (Wildman–Crippen MR) is 134 cm³/mol. The van der Waals surface area contributed by atoms with E-state index in [1.165, 1.54) is 0 Å². The molecule has 3 aliphatic heterocycles. The Bertz CT molecular complexity index is 850. The number of hydrogen-bond acceptors (Lipinski definition) is 14. The number of aliphatic hydroxyl groups excluding tert-OH is 10. The van der Waals surface area contributed by atoms with Crippen molar-refractivity contribution in [3.05, 3.63) is 0 Å². The van der Waals surface area contributed by atoms with Gasteiger partial charge in [0.25, 0.3) is 0 Å². The molecular weight excluding hydrogens is 552 g/mol. The maximum Gasteiger partial charge on any atom is 0.187 e. The summed E-state index contributed by atoms with van der Waals surface area (Å²) in [6, 6.07) is 0. The van der Waals surface area contributed by atoms with Gasteiger partial charge in [-0.05, 0) is 25.7 Å². The SMILES string of the molecule is OC[C@H]1O[C@@H](OC2CC3C(O)CC(O)CC3[OH+]C2C2CCC(O)C(O)C2)[C@H](O)[C@@H](O)[C@@H]1O[C@@H]1OC[C@@H](O)[C@H](O)[C@H]1O. The first-order valence-electron chi connectivity index (χ1n) is 14.5. The Hall–Kier alpha value is -0.600. The Balaban J connectivity index is 1.30. The smallest absolute Gasteiger partial charge is 0.187 e. The van der Waals surface area contributed by atoms with Crippen molar-refractivity contribution < 1.29 is 74.7 Å². The van der Waals surface area contributed by atoms with Gasteiger partial charge in [-0.3, -0.25) is 0 Å². The van der Waals surface area contributed by atoms with E-state index in [0.29, 0.717) is 25.7 Å². The zero-order valence-corrected chi connectivity index (χ0v) is 22.6. The average Bonchev–Trinajstić information content (AvgIpc) is 2.94. The molecule has 238 valence electrons. The summed E-state index contributed by atoms with van der Waals surface area (Å²) in [7, 11) is 0. The van der Waals surface area contributed by atoms with E-state index >= 15 is 0 Å². The number of fused-ring (bicyclic) bond motifs is 1. The van der Waals surface area contributed by atoms with Crippen molar-refractivity contribution in [3.63, 3.8) is 0 Å². The van der Waals surface area contributed by atoms with Crippen molar-refractivity contribution in [2.75, 3.05) is 13.2 Å². The van der Waals surface area contributed by atoms with Crippen LogP contribution >= 0.6 is 0 Å². The second-order valence-electron chi connectivity index (χ2n) is 12.2. The van der Waals surface area contributed by atoms with E-state index in [4.69, 9.17) is 23.7 Å². The quantitative estimate of drug-likeness (QED) is 0.129. The fourth-order valence-electron chi connectivity index (χ4n) is 7.06. The highest BCUT2D eigenvalue weighted by molar-refractivity contribution is 4.99. The molecule has 0 radical (unpaired) electrons. The minimum atomic E-state index is -1.69. The molecule has 3 heterocycles. The number of ether oxygens (including phenoxy) is 5. The summed E-state index contributed by atoms with van der Waals surface area (Å²) < 4.78 is 27.8. The molecule has 9 unspecified atom stereocenters. The van der Waals surface area contributed by atoms with Crippen molar-refractivity contribution in [2.24, 2.45) is 11.8 Å². The molecule has 3 saturated heterocycles. The summed E-state index contributed by atoms with van der Waals surface area (Å²) in [5, 5.41) is 103. The van der Waals surface area contributed by atoms with E-state index in [0.717, 1.165) is 0 Å². The molecule has 0 aromatic heterocycles. The van der Waals surface area contributed by atoms with Crippen LogP contribution in [0, 0.1) is 11.8 Å². The standard InChI is InChI=1S/C26H44O15/c27-7-18-24(41-25-21(35)19(33)15(32)8-37-25)20(34)22(36)26(40-18)39-17-6-11-13(30)4-10(28)5-16(11)38-23(17)9-1-2-12(29)14(31)3-9/h9-36H,1-8H2/p+1/t9?,10?,11?,12?,13?,14?,15-,16?,17?,18-,19+,20-,21-,22-,23?,24-,25+,26-/m1/s1. The largest absolute Gasteiger partial charge is 0.427 e. The van der Waals surface area contributed by atoms with Gasteiger partial charge in [0.05, 0.1) is 43.5 Å². The fraction of sp³-hybridized carbons (Fsp3) is 1.00. The van der Waals surface area contributed by atoms with Gasteiger partial charge in [0.2, 0.25) is 0 Å². The zero-order chi connectivity index (χ0) is 29.6. The fourth-order valence-corrected chi connectivity index (χ4v) is 7.06. The summed E-state index contributed by atoms with van der Waals surface area (Å²) in [4.78, 5) is 0. The Morgan fingerprint density at radius 3 is 2.12 bits per heavy atom. The van der Waals surface area contributed by atoms with Gasteiger partial charge in [-0.1, -0.05) is 0 Å². The van der Waals surface area contributed by atoms with Gasteiger partial charge in [-0.15, -0.1) is 0 Å². The minimum Gasteiger partial charge on any atom is -0.427 e. The third-order valence-electron chi connectivity index (χ3n) is 9.44. The van der Waals surface area contributed by atoms with Gasteiger partial charge < -0.3 is 74.7 Å². The highest BCUT2D eigenvalue weighted by Gasteiger charge is 2.55. The van der Waals surface area contributed by atoms with Crippen LogP contribution in [-0.2, 0) is 18.9 Å². The molecule has 2 saturated carbocycles. The Labute approximate surface area is 236 Å². The maximum atomic E-state index is 11.0. The van der Waals surface area contributed by atoms with E-state index in [1.807, 2.05) is 0 Å². The van der Waals surface area contributed by atoms with Crippen LogP contribution in [0.5, 0.6) is 0 Å². The van der Waals surface area contributed by atoms with E-state index in [1.54, 1.807) is 0 Å². The average molecular weight is 598 g/mol. The first kappa shape index (κ1) is 31.8. The lowest BCUT2D eigenvalue weighted by atomic mass is 9.72. The van der Waals surface area contributed by atoms with E-state index in [2.05, 4.69) is 0 Å². The van der Waals surface area contributed by atoms with Crippen LogP contribution in [0.1, 0.15) is 38.5 Å². The van der Waals surface area contributed by atoms with Crippen LogP contribution < -0.4 is 0 Å². The normalized spacial score (nSPS) is 54.9. The van der Waals surface area contributed by atoms with E-state index < -0.39 is 98.5 Å². The molecule has 0 spiro atoms. The lowest BCUT2D eigenvalue weighted by Gasteiger charge is -2.49. The molecule has 15 nitrogen and oxygen atoms in total. The molecule has 15 heteroatoms. The zero-order valence-electron chi connectivity index (χ0n) is 22.6. The van der Waals surface area contributed by atoms with Crippen LogP contribution in [0.15, 0.2) is 0 Å². The summed E-state index contributed by atoms with van der Waals surface area (Å²) in [6.07, 6.45) is -16.4. The molecule has 5 aliphatic rings. The molecule has 0 bridgehead atoms. The number of hydrogen-bond donors (Lipinski definition) is 10. The molecule has 5 fully saturated rings. The molecule has 41 heavy (non-hydrogen) atoms. The molecular formula is C26H45O15+. The van der Waals surface area contributed by atoms with Crippen molar-refractivity contribution in [1.82, 2.24) is 0 Å². The van der Waals surface area contributed by atoms with Gasteiger partial charge in [-0.25, -0.2) is 0 Å². The predicted octanol–water partition coefficient (Wildman–Crippen LogP) is -5.04. The second kappa shape index (κ2) is 13.2. The van der Waals surface area contributed by atoms with Gasteiger partial charge >= 0.3 is 0 Å². The lowest BCUT2D eigenvalue weighted by Crippen LogP contribution is -2.65. The number of aliphatic hydroxyl groups is 12. The molecule has 18 atom stereocenters. The van der Waals surface area contributed by atoms with Crippen LogP contribution in [0.25, 0.3) is 0 Å². The first-order chi connectivity index (χ1) is 19.5. The Kier molecular flexibility index (Phi) is 10.2. The summed E-state index contributed by atoms with van der Waals surface area (Å²) in [6.45, 7) is -1.02. The highest BCUT2D eigenvalue weighted by Crippen LogP contribution is 2.42. The summed E-state index contributed by atoms with van der Waals surface area (Å²) in [5.41, 5.74) is 0. The molecule has 5 rings (SSSR count). The molecule has 11 N–H and O–H groups in total. The van der Waals surface area contributed by atoms with Crippen LogP contribution in [-0.4, -0.2) is 167 Å². The Morgan fingerprint density at radius 2 is 1.41 bits per heavy atom. The third kappa shape index (κ3) is 6.60. The molecule has 0 aromatic carbocycles. The first-order valence-corrected chi connectivity index (χ1v) is 14.5. The van der Waals surface area contributed by atoms with Gasteiger partial charge in [-0.2, -0.15) is 0 Å². The van der Waals surface area contributed by atoms with E-state index in [9.17, 15) is 51.1 Å². The third-order valence-corrected chi connectivity index (χ3v) is 9.44. The van der Waals surface area contributed by atoms with Crippen LogP contribution in [0.2, 0.25) is 0 Å². The van der Waals surface area contributed by atoms with Gasteiger partial charge in [0.1, 0.15) is 48.8 Å². The topological polar surface area (TPSA) is 252 Å². The lowest BCUT2D eigenvalue weighted by molar-refractivity contribution is -0.373. The van der Waals surface area contributed by atoms with Gasteiger partial charge in [0, 0.05) is 18.8 Å². The number of rotatable bonds is 6. The van der Waals surface area contributed by atoms with Crippen LogP contribution in [0.4, 0.5) is 0 Å². The Morgan fingerprint density at radius 1 is 0.683 bits per heavy atom. The monoisotopic (exact) mass is 597 g/mol. The van der Waals surface area contributed by atoms with Crippen LogP contribution in [0.3, 0.4) is 0 Å². The van der Waals surface area contributed by atoms with Crippen molar-refractivity contribution >= 4 is 0 Å². The van der Waals surface area contributed by atoms with E-state index in [-0.39, 0.29) is 37.4 Å². The van der Waals surface area contributed by atoms with Crippen molar-refractivity contribution in [1.29, 1.82) is 0 Å². The molecule has 0 aromatic rings. The second-order valence-corrected chi connectivity index (χ2v) is 12.2.